The average Bonchev–Trinajstić information content (AvgIpc) is 2.55. The van der Waals surface area contributed by atoms with Crippen LogP contribution in [0.5, 0.6) is 0 Å². The normalized spacial score (nSPS) is 10.7. The van der Waals surface area contributed by atoms with Crippen molar-refractivity contribution in [2.24, 2.45) is 0 Å². The van der Waals surface area contributed by atoms with Crippen molar-refractivity contribution in [3.8, 4) is 0 Å². The zero-order valence-electron chi connectivity index (χ0n) is 12.4. The largest absolute Gasteiger partial charge is 0.337 e. The van der Waals surface area contributed by atoms with E-state index in [-0.39, 0.29) is 17.9 Å². The fourth-order valence-corrected chi connectivity index (χ4v) is 2.36. The Bertz CT molecular complexity index is 936. The molecule has 0 fully saturated rings. The summed E-state index contributed by atoms with van der Waals surface area (Å²) in [4.78, 5) is 30.4. The molecule has 0 N–H and O–H groups in total. The smallest absolute Gasteiger partial charge is 0.270 e. The second kappa shape index (κ2) is 6.00. The van der Waals surface area contributed by atoms with Crippen molar-refractivity contribution in [3.05, 3.63) is 82.2 Å². The Morgan fingerprint density at radius 1 is 1.26 bits per heavy atom. The van der Waals surface area contributed by atoms with Gasteiger partial charge in [-0.15, -0.1) is 0 Å². The third kappa shape index (κ3) is 2.96. The molecule has 6 heteroatoms. The van der Waals surface area contributed by atoms with E-state index in [1.54, 1.807) is 43.6 Å². The second-order valence-corrected chi connectivity index (χ2v) is 5.20. The number of pyridine rings is 1. The first kappa shape index (κ1) is 14.9. The summed E-state index contributed by atoms with van der Waals surface area (Å²) in [7, 11) is 1.56. The second-order valence-electron chi connectivity index (χ2n) is 5.20. The molecule has 116 valence electrons. The van der Waals surface area contributed by atoms with Crippen molar-refractivity contribution in [2.45, 2.75) is 6.54 Å². The van der Waals surface area contributed by atoms with Crippen LogP contribution in [0, 0.1) is 5.82 Å². The highest BCUT2D eigenvalue weighted by Gasteiger charge is 2.17. The maximum atomic E-state index is 13.2. The number of carbonyl (C=O) groups excluding carboxylic acids is 1. The van der Waals surface area contributed by atoms with E-state index in [4.69, 9.17) is 0 Å². The zero-order chi connectivity index (χ0) is 16.4. The Labute approximate surface area is 131 Å². The van der Waals surface area contributed by atoms with Gasteiger partial charge in [-0.05, 0) is 29.8 Å². The molecular formula is C17H14FN3O2. The van der Waals surface area contributed by atoms with Crippen LogP contribution in [-0.4, -0.2) is 27.2 Å². The molecule has 0 saturated carbocycles. The molecule has 23 heavy (non-hydrogen) atoms. The predicted molar refractivity (Wildman–Crippen MR) is 83.7 cm³/mol. The van der Waals surface area contributed by atoms with E-state index in [1.165, 1.54) is 27.6 Å². The highest BCUT2D eigenvalue weighted by atomic mass is 19.1. The molecule has 1 amide bonds. The molecule has 2 heterocycles. The molecule has 0 aliphatic carbocycles. The van der Waals surface area contributed by atoms with Crippen molar-refractivity contribution in [3.63, 3.8) is 0 Å². The zero-order valence-corrected chi connectivity index (χ0v) is 12.4. The molecule has 0 aliphatic heterocycles. The van der Waals surface area contributed by atoms with Gasteiger partial charge in [0.15, 0.2) is 0 Å². The van der Waals surface area contributed by atoms with Crippen LogP contribution in [0.4, 0.5) is 4.39 Å². The molecule has 0 aliphatic rings. The summed E-state index contributed by atoms with van der Waals surface area (Å²) in [5.74, 6) is -0.819. The van der Waals surface area contributed by atoms with Crippen LogP contribution in [-0.2, 0) is 6.54 Å². The standard InChI is InChI=1S/C17H14FN3O2/c1-20(11-12-5-4-6-13(18)9-12)16(22)14-10-19-15-7-2-3-8-21(15)17(14)23/h2-10H,11H2,1H3. The number of carbonyl (C=O) groups is 1. The number of amides is 1. The first-order valence-electron chi connectivity index (χ1n) is 7.02. The summed E-state index contributed by atoms with van der Waals surface area (Å²) in [6, 6.07) is 11.1. The Morgan fingerprint density at radius 2 is 2.09 bits per heavy atom. The minimum atomic E-state index is -0.454. The van der Waals surface area contributed by atoms with E-state index in [1.807, 2.05) is 0 Å². The molecular weight excluding hydrogens is 297 g/mol. The lowest BCUT2D eigenvalue weighted by atomic mass is 10.2. The Morgan fingerprint density at radius 3 is 2.87 bits per heavy atom. The van der Waals surface area contributed by atoms with Crippen LogP contribution < -0.4 is 5.56 Å². The molecule has 0 bridgehead atoms. The molecule has 1 aromatic carbocycles. The Balaban J connectivity index is 1.91. The first-order chi connectivity index (χ1) is 11.1. The first-order valence-corrected chi connectivity index (χ1v) is 7.02. The Kier molecular flexibility index (Phi) is 3.89. The van der Waals surface area contributed by atoms with Gasteiger partial charge in [-0.25, -0.2) is 9.37 Å². The van der Waals surface area contributed by atoms with E-state index in [0.29, 0.717) is 11.2 Å². The highest BCUT2D eigenvalue weighted by Crippen LogP contribution is 2.08. The number of hydrogen-bond acceptors (Lipinski definition) is 3. The molecule has 0 atom stereocenters. The van der Waals surface area contributed by atoms with Crippen molar-refractivity contribution < 1.29 is 9.18 Å². The van der Waals surface area contributed by atoms with Crippen LogP contribution in [0.25, 0.3) is 5.65 Å². The van der Waals surface area contributed by atoms with Gasteiger partial charge in [0.1, 0.15) is 17.0 Å². The predicted octanol–water partition coefficient (Wildman–Crippen LogP) is 2.11. The maximum Gasteiger partial charge on any atom is 0.270 e. The number of rotatable bonds is 3. The molecule has 0 spiro atoms. The van der Waals surface area contributed by atoms with Gasteiger partial charge in [0.25, 0.3) is 11.5 Å². The van der Waals surface area contributed by atoms with Crippen LogP contribution >= 0.6 is 0 Å². The summed E-state index contributed by atoms with van der Waals surface area (Å²) in [6.07, 6.45) is 2.84. The lowest BCUT2D eigenvalue weighted by molar-refractivity contribution is 0.0782. The SMILES string of the molecule is CN(Cc1cccc(F)c1)C(=O)c1cnc2ccccn2c1=O. The summed E-state index contributed by atoms with van der Waals surface area (Å²) >= 11 is 0. The molecule has 0 radical (unpaired) electrons. The van der Waals surface area contributed by atoms with E-state index in [2.05, 4.69) is 4.98 Å². The van der Waals surface area contributed by atoms with Gasteiger partial charge in [0, 0.05) is 26.0 Å². The van der Waals surface area contributed by atoms with Gasteiger partial charge >= 0.3 is 0 Å². The number of halogens is 1. The van der Waals surface area contributed by atoms with Crippen molar-refractivity contribution in [2.75, 3.05) is 7.05 Å². The molecule has 0 saturated heterocycles. The van der Waals surface area contributed by atoms with Gasteiger partial charge in [-0.1, -0.05) is 18.2 Å². The van der Waals surface area contributed by atoms with Crippen molar-refractivity contribution in [1.29, 1.82) is 0 Å². The third-order valence-electron chi connectivity index (χ3n) is 3.50. The number of fused-ring (bicyclic) bond motifs is 1. The summed E-state index contributed by atoms with van der Waals surface area (Å²) in [5, 5.41) is 0. The molecule has 3 rings (SSSR count). The van der Waals surface area contributed by atoms with Crippen molar-refractivity contribution in [1.82, 2.24) is 14.3 Å². The van der Waals surface area contributed by atoms with Crippen LogP contribution in [0.1, 0.15) is 15.9 Å². The summed E-state index contributed by atoms with van der Waals surface area (Å²) in [6.45, 7) is 0.202. The Hall–Kier alpha value is -3.02. The van der Waals surface area contributed by atoms with E-state index in [9.17, 15) is 14.0 Å². The van der Waals surface area contributed by atoms with E-state index in [0.717, 1.165) is 0 Å². The summed E-state index contributed by atoms with van der Waals surface area (Å²) in [5.41, 5.74) is 0.677. The van der Waals surface area contributed by atoms with Gasteiger partial charge in [0.05, 0.1) is 0 Å². The van der Waals surface area contributed by atoms with Crippen LogP contribution in [0.2, 0.25) is 0 Å². The van der Waals surface area contributed by atoms with Crippen molar-refractivity contribution >= 4 is 11.6 Å². The molecule has 0 unspecified atom stereocenters. The van der Waals surface area contributed by atoms with Crippen LogP contribution in [0.3, 0.4) is 0 Å². The molecule has 5 nitrogen and oxygen atoms in total. The number of benzene rings is 1. The molecule has 3 aromatic rings. The van der Waals surface area contributed by atoms with Gasteiger partial charge in [-0.3, -0.25) is 14.0 Å². The topological polar surface area (TPSA) is 54.7 Å². The fraction of sp³-hybridized carbons (Fsp3) is 0.118. The van der Waals surface area contributed by atoms with Crippen LogP contribution in [0.15, 0.2) is 59.7 Å². The fourth-order valence-electron chi connectivity index (χ4n) is 2.36. The van der Waals surface area contributed by atoms with Gasteiger partial charge in [0.2, 0.25) is 0 Å². The van der Waals surface area contributed by atoms with E-state index >= 15 is 0 Å². The third-order valence-corrected chi connectivity index (χ3v) is 3.50. The number of hydrogen-bond donors (Lipinski definition) is 0. The number of nitrogens with zero attached hydrogens (tertiary/aromatic N) is 3. The highest BCUT2D eigenvalue weighted by molar-refractivity contribution is 5.93. The number of aromatic nitrogens is 2. The van der Waals surface area contributed by atoms with Gasteiger partial charge < -0.3 is 4.90 Å². The van der Waals surface area contributed by atoms with E-state index < -0.39 is 11.5 Å². The minimum absolute atomic E-state index is 0.0207. The monoisotopic (exact) mass is 311 g/mol. The minimum Gasteiger partial charge on any atom is -0.337 e. The quantitative estimate of drug-likeness (QED) is 0.744. The van der Waals surface area contributed by atoms with Gasteiger partial charge in [-0.2, -0.15) is 0 Å². The summed E-state index contributed by atoms with van der Waals surface area (Å²) < 4.78 is 14.5. The molecule has 2 aromatic heterocycles. The maximum absolute atomic E-state index is 13.2. The lowest BCUT2D eigenvalue weighted by Crippen LogP contribution is -2.33. The average molecular weight is 311 g/mol. The lowest BCUT2D eigenvalue weighted by Gasteiger charge is -2.17.